The molecule has 1 N–H and O–H groups in total. The zero-order chi connectivity index (χ0) is 24.1. The number of rotatable bonds is 8. The molecule has 2 atom stereocenters. The normalized spacial score (nSPS) is 16.7. The van der Waals surface area contributed by atoms with Crippen molar-refractivity contribution in [3.8, 4) is 0 Å². The predicted molar refractivity (Wildman–Crippen MR) is 125 cm³/mol. The fourth-order valence-corrected chi connectivity index (χ4v) is 4.59. The van der Waals surface area contributed by atoms with Crippen LogP contribution in [-0.2, 0) is 19.1 Å². The standard InChI is InChI=1S/C23H25ClFN3O4S/c1-5-14(22(29)31-6-2)17-11-33-21(27-17)20-26-12(4)18(23(30)32-7-3)19(28-20)15-9-8-13(25)10-16(15)24/h8-11,14,19H,5-7H2,1-4H3,(H,26,28). The third-order valence-corrected chi connectivity index (χ3v) is 6.25. The number of esters is 2. The summed E-state index contributed by atoms with van der Waals surface area (Å²) in [6.45, 7) is 7.58. The van der Waals surface area contributed by atoms with Gasteiger partial charge in [-0.1, -0.05) is 24.6 Å². The summed E-state index contributed by atoms with van der Waals surface area (Å²) in [7, 11) is 0. The monoisotopic (exact) mass is 493 g/mol. The number of amidine groups is 1. The predicted octanol–water partition coefficient (Wildman–Crippen LogP) is 4.92. The van der Waals surface area contributed by atoms with E-state index in [1.165, 1.54) is 29.5 Å². The van der Waals surface area contributed by atoms with Crippen molar-refractivity contribution in [2.24, 2.45) is 4.99 Å². The van der Waals surface area contributed by atoms with E-state index in [4.69, 9.17) is 26.1 Å². The summed E-state index contributed by atoms with van der Waals surface area (Å²) < 4.78 is 24.0. The highest BCUT2D eigenvalue weighted by Gasteiger charge is 2.33. The number of carbonyl (C=O) groups excluding carboxylic acids is 2. The minimum absolute atomic E-state index is 0.146. The largest absolute Gasteiger partial charge is 0.465 e. The zero-order valence-corrected chi connectivity index (χ0v) is 20.3. The quantitative estimate of drug-likeness (QED) is 0.525. The lowest BCUT2D eigenvalue weighted by molar-refractivity contribution is -0.145. The molecule has 0 radical (unpaired) electrons. The van der Waals surface area contributed by atoms with E-state index in [-0.39, 0.29) is 23.2 Å². The number of hydrogen-bond donors (Lipinski definition) is 1. The molecule has 0 spiro atoms. The lowest BCUT2D eigenvalue weighted by Gasteiger charge is -2.26. The number of ether oxygens (including phenoxy) is 2. The molecule has 1 aliphatic rings. The van der Waals surface area contributed by atoms with E-state index >= 15 is 0 Å². The van der Waals surface area contributed by atoms with Crippen LogP contribution in [0, 0.1) is 5.82 Å². The van der Waals surface area contributed by atoms with Crippen LogP contribution in [0.5, 0.6) is 0 Å². The highest BCUT2D eigenvalue weighted by molar-refractivity contribution is 7.11. The van der Waals surface area contributed by atoms with Gasteiger partial charge in [0.1, 0.15) is 11.9 Å². The van der Waals surface area contributed by atoms with Crippen molar-refractivity contribution >= 4 is 40.7 Å². The Morgan fingerprint density at radius 3 is 2.61 bits per heavy atom. The second-order valence-electron chi connectivity index (χ2n) is 7.22. The molecule has 1 aromatic carbocycles. The summed E-state index contributed by atoms with van der Waals surface area (Å²) in [6.07, 6.45) is 0.543. The average molecular weight is 494 g/mol. The van der Waals surface area contributed by atoms with Crippen molar-refractivity contribution in [1.82, 2.24) is 10.3 Å². The molecule has 176 valence electrons. The maximum Gasteiger partial charge on any atom is 0.338 e. The Balaban J connectivity index is 2.03. The second-order valence-corrected chi connectivity index (χ2v) is 8.49. The molecule has 1 aromatic heterocycles. The number of aliphatic imine (C=N–C) groups is 1. The molecule has 0 aliphatic carbocycles. The first-order valence-electron chi connectivity index (χ1n) is 10.6. The van der Waals surface area contributed by atoms with E-state index in [2.05, 4.69) is 10.3 Å². The van der Waals surface area contributed by atoms with Crippen molar-refractivity contribution < 1.29 is 23.5 Å². The van der Waals surface area contributed by atoms with Crippen LogP contribution in [0.3, 0.4) is 0 Å². The summed E-state index contributed by atoms with van der Waals surface area (Å²) in [4.78, 5) is 34.3. The Bertz CT molecular complexity index is 1110. The van der Waals surface area contributed by atoms with Crippen LogP contribution >= 0.6 is 22.9 Å². The van der Waals surface area contributed by atoms with Crippen molar-refractivity contribution in [3.63, 3.8) is 0 Å². The van der Waals surface area contributed by atoms with Gasteiger partial charge in [-0.15, -0.1) is 11.3 Å². The van der Waals surface area contributed by atoms with E-state index in [0.717, 1.165) is 0 Å². The minimum atomic E-state index is -0.812. The molecule has 0 bridgehead atoms. The van der Waals surface area contributed by atoms with Crippen LogP contribution in [0.1, 0.15) is 62.3 Å². The molecule has 0 amide bonds. The number of nitrogens with zero attached hydrogens (tertiary/aromatic N) is 2. The van der Waals surface area contributed by atoms with Gasteiger partial charge in [-0.2, -0.15) is 0 Å². The number of hydrogen-bond acceptors (Lipinski definition) is 8. The van der Waals surface area contributed by atoms with Gasteiger partial charge in [-0.3, -0.25) is 9.79 Å². The number of allylic oxidation sites excluding steroid dienone is 1. The fourth-order valence-electron chi connectivity index (χ4n) is 3.50. The number of halogens is 2. The van der Waals surface area contributed by atoms with Gasteiger partial charge in [0.05, 0.1) is 30.4 Å². The number of aromatic nitrogens is 1. The molecule has 2 heterocycles. The molecule has 2 unspecified atom stereocenters. The van der Waals surface area contributed by atoms with Gasteiger partial charge in [-0.25, -0.2) is 14.2 Å². The van der Waals surface area contributed by atoms with E-state index in [1.807, 2.05) is 6.92 Å². The Labute approximate surface area is 200 Å². The highest BCUT2D eigenvalue weighted by Crippen LogP contribution is 2.37. The molecule has 33 heavy (non-hydrogen) atoms. The smallest absolute Gasteiger partial charge is 0.338 e. The molecule has 0 saturated heterocycles. The highest BCUT2D eigenvalue weighted by atomic mass is 35.5. The first-order valence-corrected chi connectivity index (χ1v) is 11.9. The van der Waals surface area contributed by atoms with Gasteiger partial charge < -0.3 is 14.8 Å². The fraction of sp³-hybridized carbons (Fsp3) is 0.391. The maximum atomic E-state index is 13.7. The summed E-state index contributed by atoms with van der Waals surface area (Å²) in [5, 5.41) is 5.60. The summed E-state index contributed by atoms with van der Waals surface area (Å²) in [5.41, 5.74) is 1.87. The molecule has 3 rings (SSSR count). The first-order chi connectivity index (χ1) is 15.8. The van der Waals surface area contributed by atoms with Gasteiger partial charge in [0.2, 0.25) is 0 Å². The van der Waals surface area contributed by atoms with Crippen LogP contribution in [0.2, 0.25) is 5.02 Å². The zero-order valence-electron chi connectivity index (χ0n) is 18.8. The van der Waals surface area contributed by atoms with Crippen molar-refractivity contribution in [3.05, 3.63) is 62.0 Å². The average Bonchev–Trinajstić information content (AvgIpc) is 3.24. The van der Waals surface area contributed by atoms with Crippen LogP contribution in [0.4, 0.5) is 4.39 Å². The van der Waals surface area contributed by atoms with Crippen molar-refractivity contribution in [2.45, 2.75) is 46.1 Å². The Hall–Kier alpha value is -2.78. The third-order valence-electron chi connectivity index (χ3n) is 5.05. The molecule has 2 aromatic rings. The van der Waals surface area contributed by atoms with Gasteiger partial charge in [-0.05, 0) is 39.3 Å². The van der Waals surface area contributed by atoms with Gasteiger partial charge in [0.25, 0.3) is 0 Å². The molecule has 7 nitrogen and oxygen atoms in total. The van der Waals surface area contributed by atoms with Crippen LogP contribution < -0.4 is 5.32 Å². The Morgan fingerprint density at radius 1 is 1.24 bits per heavy atom. The second kappa shape index (κ2) is 10.9. The summed E-state index contributed by atoms with van der Waals surface area (Å²) >= 11 is 7.63. The van der Waals surface area contributed by atoms with Gasteiger partial charge in [0, 0.05) is 21.7 Å². The molecule has 10 heteroatoms. The van der Waals surface area contributed by atoms with Crippen molar-refractivity contribution in [1.29, 1.82) is 0 Å². The molecular formula is C23H25ClFN3O4S. The molecule has 0 saturated carbocycles. The van der Waals surface area contributed by atoms with E-state index < -0.39 is 23.7 Å². The van der Waals surface area contributed by atoms with Crippen LogP contribution in [0.25, 0.3) is 0 Å². The van der Waals surface area contributed by atoms with Crippen LogP contribution in [0.15, 0.2) is 39.8 Å². The minimum Gasteiger partial charge on any atom is -0.465 e. The molecule has 0 fully saturated rings. The van der Waals surface area contributed by atoms with Crippen molar-refractivity contribution in [2.75, 3.05) is 13.2 Å². The molecular weight excluding hydrogens is 469 g/mol. The lowest BCUT2D eigenvalue weighted by atomic mass is 9.96. The number of thiazole rings is 1. The topological polar surface area (TPSA) is 89.9 Å². The van der Waals surface area contributed by atoms with E-state index in [9.17, 15) is 14.0 Å². The van der Waals surface area contributed by atoms with Crippen LogP contribution in [-0.4, -0.2) is 36.0 Å². The van der Waals surface area contributed by atoms with Gasteiger partial charge in [0.15, 0.2) is 10.8 Å². The Morgan fingerprint density at radius 2 is 1.97 bits per heavy atom. The number of benzene rings is 1. The summed E-state index contributed by atoms with van der Waals surface area (Å²) in [5.74, 6) is -1.42. The number of nitrogens with one attached hydrogen (secondary N) is 1. The van der Waals surface area contributed by atoms with E-state index in [0.29, 0.717) is 40.8 Å². The lowest BCUT2D eigenvalue weighted by Crippen LogP contribution is -2.33. The Kier molecular flexibility index (Phi) is 8.20. The number of carbonyl (C=O) groups is 2. The first kappa shape index (κ1) is 24.9. The molecule has 1 aliphatic heterocycles. The summed E-state index contributed by atoms with van der Waals surface area (Å²) in [6, 6.07) is 3.14. The SMILES string of the molecule is CCOC(=O)C1=C(C)NC(c2nc(C(CC)C(=O)OCC)cs2)=NC1c1ccc(F)cc1Cl. The van der Waals surface area contributed by atoms with Gasteiger partial charge >= 0.3 is 11.9 Å². The van der Waals surface area contributed by atoms with E-state index in [1.54, 1.807) is 26.2 Å². The maximum absolute atomic E-state index is 13.7. The third kappa shape index (κ3) is 5.42.